The predicted molar refractivity (Wildman–Crippen MR) is 170 cm³/mol. The Morgan fingerprint density at radius 2 is 1.57 bits per heavy atom. The summed E-state index contributed by atoms with van der Waals surface area (Å²) in [6.07, 6.45) is 4.72. The maximum absolute atomic E-state index is 12.8. The Labute approximate surface area is 260 Å². The second kappa shape index (κ2) is 14.6. The molecule has 1 aliphatic heterocycles. The Balaban J connectivity index is 1.04. The molecule has 3 aromatic carbocycles. The predicted octanol–water partition coefficient (Wildman–Crippen LogP) is 8.68. The van der Waals surface area contributed by atoms with Crippen molar-refractivity contribution in [3.05, 3.63) is 88.5 Å². The van der Waals surface area contributed by atoms with Gasteiger partial charge in [0, 0.05) is 12.1 Å². The first-order chi connectivity index (χ1) is 21.2. The van der Waals surface area contributed by atoms with Crippen LogP contribution < -0.4 is 10.1 Å². The van der Waals surface area contributed by atoms with Crippen LogP contribution in [0.25, 0.3) is 11.1 Å². The fraction of sp³-hybridized carbons (Fsp3) is 0.486. The van der Waals surface area contributed by atoms with Crippen molar-refractivity contribution in [3.63, 3.8) is 0 Å². The summed E-state index contributed by atoms with van der Waals surface area (Å²) in [5.41, 5.74) is 5.68. The molecule has 7 heteroatoms. The minimum absolute atomic E-state index is 0.134. The van der Waals surface area contributed by atoms with E-state index in [1.807, 2.05) is 0 Å². The SMILES string of the molecule is CC(C)COc1c(C2CCN(CCCCNC(=O)c3ccc(-c4ccc(C(F)(F)F)cc4)cc3)CC2)ccc2c1CCCC2. The van der Waals surface area contributed by atoms with Crippen molar-refractivity contribution in [2.24, 2.45) is 5.92 Å². The number of piperidine rings is 1. The molecule has 1 aliphatic carbocycles. The second-order valence-electron chi connectivity index (χ2n) is 12.8. The van der Waals surface area contributed by atoms with Gasteiger partial charge in [-0.3, -0.25) is 4.79 Å². The van der Waals surface area contributed by atoms with Crippen LogP contribution in [0.5, 0.6) is 5.75 Å². The largest absolute Gasteiger partial charge is 0.493 e. The van der Waals surface area contributed by atoms with Gasteiger partial charge in [-0.05, 0) is 135 Å². The van der Waals surface area contributed by atoms with Crippen LogP contribution >= 0.6 is 0 Å². The molecule has 0 saturated carbocycles. The van der Waals surface area contributed by atoms with Crippen LogP contribution in [-0.2, 0) is 19.0 Å². The van der Waals surface area contributed by atoms with E-state index in [-0.39, 0.29) is 5.91 Å². The molecule has 236 valence electrons. The normalized spacial score (nSPS) is 16.1. The second-order valence-corrected chi connectivity index (χ2v) is 12.8. The molecule has 3 aromatic rings. The molecular formula is C37H45F3N2O2. The van der Waals surface area contributed by atoms with E-state index >= 15 is 0 Å². The van der Waals surface area contributed by atoms with Crippen LogP contribution in [0.3, 0.4) is 0 Å². The van der Waals surface area contributed by atoms with Gasteiger partial charge >= 0.3 is 6.18 Å². The highest BCUT2D eigenvalue weighted by molar-refractivity contribution is 5.94. The van der Waals surface area contributed by atoms with Gasteiger partial charge in [-0.25, -0.2) is 0 Å². The number of alkyl halides is 3. The summed E-state index contributed by atoms with van der Waals surface area (Å²) in [5, 5.41) is 3.00. The molecule has 0 radical (unpaired) electrons. The first-order valence-corrected chi connectivity index (χ1v) is 16.2. The smallest absolute Gasteiger partial charge is 0.416 e. The first kappa shape index (κ1) is 32.1. The maximum atomic E-state index is 12.8. The molecule has 1 heterocycles. The number of hydrogen-bond acceptors (Lipinski definition) is 3. The molecule has 1 fully saturated rings. The lowest BCUT2D eigenvalue weighted by molar-refractivity contribution is -0.137. The highest BCUT2D eigenvalue weighted by Crippen LogP contribution is 2.40. The number of aryl methyl sites for hydroxylation is 1. The fourth-order valence-corrected chi connectivity index (χ4v) is 6.45. The summed E-state index contributed by atoms with van der Waals surface area (Å²) >= 11 is 0. The molecule has 0 atom stereocenters. The quantitative estimate of drug-likeness (QED) is 0.222. The molecule has 44 heavy (non-hydrogen) atoms. The molecule has 0 aromatic heterocycles. The van der Waals surface area contributed by atoms with E-state index < -0.39 is 11.7 Å². The molecule has 0 bridgehead atoms. The Hall–Kier alpha value is -3.32. The lowest BCUT2D eigenvalue weighted by Gasteiger charge is -2.34. The van der Waals surface area contributed by atoms with Crippen LogP contribution in [0.4, 0.5) is 13.2 Å². The van der Waals surface area contributed by atoms with E-state index in [2.05, 4.69) is 36.2 Å². The van der Waals surface area contributed by atoms with Crippen molar-refractivity contribution < 1.29 is 22.7 Å². The number of nitrogens with zero attached hydrogens (tertiary/aromatic N) is 1. The Morgan fingerprint density at radius 1 is 0.909 bits per heavy atom. The van der Waals surface area contributed by atoms with Crippen molar-refractivity contribution >= 4 is 5.91 Å². The summed E-state index contributed by atoms with van der Waals surface area (Å²) in [6, 6.07) is 16.7. The van der Waals surface area contributed by atoms with Crippen molar-refractivity contribution in [2.75, 3.05) is 32.8 Å². The topological polar surface area (TPSA) is 41.6 Å². The minimum Gasteiger partial charge on any atom is -0.493 e. The monoisotopic (exact) mass is 606 g/mol. The zero-order chi connectivity index (χ0) is 31.1. The molecule has 0 unspecified atom stereocenters. The molecular weight excluding hydrogens is 561 g/mol. The van der Waals surface area contributed by atoms with Gasteiger partial charge in [0.15, 0.2) is 0 Å². The van der Waals surface area contributed by atoms with Crippen molar-refractivity contribution in [3.8, 4) is 16.9 Å². The minimum atomic E-state index is -4.35. The van der Waals surface area contributed by atoms with Gasteiger partial charge in [-0.1, -0.05) is 50.2 Å². The summed E-state index contributed by atoms with van der Waals surface area (Å²) in [7, 11) is 0. The zero-order valence-corrected chi connectivity index (χ0v) is 26.0. The van der Waals surface area contributed by atoms with Gasteiger partial charge in [0.05, 0.1) is 12.2 Å². The summed E-state index contributed by atoms with van der Waals surface area (Å²) < 4.78 is 45.0. The molecule has 4 nitrogen and oxygen atoms in total. The van der Waals surface area contributed by atoms with Crippen LogP contribution in [0.2, 0.25) is 0 Å². The number of carbonyl (C=O) groups is 1. The van der Waals surface area contributed by atoms with E-state index in [1.54, 1.807) is 24.3 Å². The molecule has 1 N–H and O–H groups in total. The number of amides is 1. The Morgan fingerprint density at radius 3 is 2.23 bits per heavy atom. The number of carbonyl (C=O) groups excluding carboxylic acids is 1. The van der Waals surface area contributed by atoms with Gasteiger partial charge in [-0.15, -0.1) is 0 Å². The lowest BCUT2D eigenvalue weighted by Crippen LogP contribution is -2.34. The number of rotatable bonds is 11. The fourth-order valence-electron chi connectivity index (χ4n) is 6.45. The third-order valence-corrected chi connectivity index (χ3v) is 8.98. The number of benzene rings is 3. The van der Waals surface area contributed by atoms with E-state index in [4.69, 9.17) is 4.74 Å². The van der Waals surface area contributed by atoms with E-state index in [0.29, 0.717) is 29.5 Å². The van der Waals surface area contributed by atoms with Gasteiger partial charge in [-0.2, -0.15) is 13.2 Å². The van der Waals surface area contributed by atoms with Crippen LogP contribution in [0.1, 0.15) is 90.9 Å². The summed E-state index contributed by atoms with van der Waals surface area (Å²) in [5.74, 6) is 2.12. The first-order valence-electron chi connectivity index (χ1n) is 16.2. The highest BCUT2D eigenvalue weighted by Gasteiger charge is 2.30. The van der Waals surface area contributed by atoms with Gasteiger partial charge in [0.1, 0.15) is 5.75 Å². The number of hydrogen-bond donors (Lipinski definition) is 1. The maximum Gasteiger partial charge on any atom is 0.416 e. The van der Waals surface area contributed by atoms with Gasteiger partial charge < -0.3 is 15.0 Å². The standard InChI is InChI=1S/C37H45F3N2O2/c1-26(2)25-44-35-33-8-4-3-7-29(33)15-18-34(35)30-19-23-42(24-20-30)22-6-5-21-41-36(43)31-11-9-27(10-12-31)28-13-16-32(17-14-28)37(38,39)40/h9-18,26,30H,3-8,19-25H2,1-2H3,(H,41,43). The van der Waals surface area contributed by atoms with Crippen molar-refractivity contribution in [2.45, 2.75) is 77.3 Å². The third kappa shape index (κ3) is 8.23. The van der Waals surface area contributed by atoms with Crippen molar-refractivity contribution in [1.29, 1.82) is 0 Å². The molecule has 1 amide bonds. The summed E-state index contributed by atoms with van der Waals surface area (Å²) in [6.45, 7) is 9.02. The van der Waals surface area contributed by atoms with E-state index in [0.717, 1.165) is 76.0 Å². The Bertz CT molecular complexity index is 1380. The summed E-state index contributed by atoms with van der Waals surface area (Å²) in [4.78, 5) is 15.2. The zero-order valence-electron chi connectivity index (χ0n) is 26.0. The number of ether oxygens (including phenoxy) is 1. The number of nitrogens with one attached hydrogen (secondary N) is 1. The third-order valence-electron chi connectivity index (χ3n) is 8.98. The number of unbranched alkanes of at least 4 members (excludes halogenated alkanes) is 1. The molecule has 0 spiro atoms. The van der Waals surface area contributed by atoms with Gasteiger partial charge in [0.25, 0.3) is 5.91 Å². The van der Waals surface area contributed by atoms with Crippen LogP contribution in [-0.4, -0.2) is 43.6 Å². The van der Waals surface area contributed by atoms with E-state index in [1.165, 1.54) is 53.8 Å². The molecule has 2 aliphatic rings. The Kier molecular flexibility index (Phi) is 10.7. The lowest BCUT2D eigenvalue weighted by atomic mass is 9.83. The van der Waals surface area contributed by atoms with Crippen molar-refractivity contribution in [1.82, 2.24) is 10.2 Å². The molecule has 5 rings (SSSR count). The average Bonchev–Trinajstić information content (AvgIpc) is 3.03. The van der Waals surface area contributed by atoms with Crippen LogP contribution in [0, 0.1) is 5.92 Å². The number of halogens is 3. The van der Waals surface area contributed by atoms with Gasteiger partial charge in [0.2, 0.25) is 0 Å². The average molecular weight is 607 g/mol. The highest BCUT2D eigenvalue weighted by atomic mass is 19.4. The van der Waals surface area contributed by atoms with Crippen LogP contribution in [0.15, 0.2) is 60.7 Å². The number of fused-ring (bicyclic) bond motifs is 1. The van der Waals surface area contributed by atoms with E-state index in [9.17, 15) is 18.0 Å². The molecule has 1 saturated heterocycles. The number of likely N-dealkylation sites (tertiary alicyclic amines) is 1.